The van der Waals surface area contributed by atoms with E-state index in [9.17, 15) is 19.7 Å². The fourth-order valence-electron chi connectivity index (χ4n) is 2.91. The van der Waals surface area contributed by atoms with Crippen LogP contribution < -0.4 is 5.32 Å². The van der Waals surface area contributed by atoms with Gasteiger partial charge in [-0.3, -0.25) is 14.9 Å². The van der Waals surface area contributed by atoms with Crippen molar-refractivity contribution in [3.8, 4) is 0 Å². The number of rotatable bonds is 4. The highest BCUT2D eigenvalue weighted by atomic mass is 35.5. The Morgan fingerprint density at radius 2 is 2.11 bits per heavy atom. The molecule has 148 valence electrons. The molecule has 0 saturated carbocycles. The minimum absolute atomic E-state index is 0.0495. The van der Waals surface area contributed by atoms with Crippen molar-refractivity contribution in [2.24, 2.45) is 5.92 Å². The molecule has 1 N–H and O–H groups in total. The Morgan fingerprint density at radius 1 is 1.41 bits per heavy atom. The number of benzene rings is 1. The number of halogens is 1. The summed E-state index contributed by atoms with van der Waals surface area (Å²) in [5, 5.41) is 14.1. The minimum atomic E-state index is -0.615. The Balaban J connectivity index is 1.96. The minimum Gasteiger partial charge on any atom is -0.444 e. The molecule has 1 atom stereocenters. The second kappa shape index (κ2) is 8.56. The molecule has 1 aromatic carbocycles. The fraction of sp³-hybridized carbons (Fsp3) is 0.556. The predicted molar refractivity (Wildman–Crippen MR) is 101 cm³/mol. The van der Waals surface area contributed by atoms with Gasteiger partial charge in [-0.25, -0.2) is 4.79 Å². The molecule has 1 aliphatic heterocycles. The zero-order chi connectivity index (χ0) is 20.2. The molecule has 1 heterocycles. The van der Waals surface area contributed by atoms with Gasteiger partial charge in [-0.2, -0.15) is 0 Å². The first-order valence-electron chi connectivity index (χ1n) is 8.77. The molecule has 1 unspecified atom stereocenters. The molecule has 0 spiro atoms. The lowest BCUT2D eigenvalue weighted by molar-refractivity contribution is -0.385. The highest BCUT2D eigenvalue weighted by Crippen LogP contribution is 2.23. The zero-order valence-electron chi connectivity index (χ0n) is 15.7. The van der Waals surface area contributed by atoms with Crippen molar-refractivity contribution in [2.75, 3.05) is 19.6 Å². The molecule has 0 aromatic heterocycles. The highest BCUT2D eigenvalue weighted by molar-refractivity contribution is 6.31. The first-order chi connectivity index (χ1) is 12.6. The topological polar surface area (TPSA) is 102 Å². The smallest absolute Gasteiger partial charge is 0.410 e. The van der Waals surface area contributed by atoms with E-state index in [4.69, 9.17) is 16.3 Å². The lowest BCUT2D eigenvalue weighted by Gasteiger charge is -2.34. The maximum Gasteiger partial charge on any atom is 0.410 e. The summed E-state index contributed by atoms with van der Waals surface area (Å²) in [6, 6.07) is 3.86. The summed E-state index contributed by atoms with van der Waals surface area (Å²) < 4.78 is 5.39. The molecular weight excluding hydrogens is 374 g/mol. The van der Waals surface area contributed by atoms with Gasteiger partial charge < -0.3 is 15.0 Å². The summed E-state index contributed by atoms with van der Waals surface area (Å²) in [7, 11) is 0. The molecule has 2 rings (SSSR count). The van der Waals surface area contributed by atoms with E-state index in [1.165, 1.54) is 18.2 Å². The van der Waals surface area contributed by atoms with Crippen LogP contribution in [-0.4, -0.2) is 47.1 Å². The Labute approximate surface area is 163 Å². The van der Waals surface area contributed by atoms with Crippen molar-refractivity contribution >= 4 is 29.3 Å². The number of nitrogens with zero attached hydrogens (tertiary/aromatic N) is 2. The van der Waals surface area contributed by atoms with Crippen LogP contribution >= 0.6 is 11.6 Å². The van der Waals surface area contributed by atoms with Crippen LogP contribution in [0, 0.1) is 16.0 Å². The predicted octanol–water partition coefficient (Wildman–Crippen LogP) is 3.63. The number of piperidine rings is 1. The largest absolute Gasteiger partial charge is 0.444 e. The lowest BCUT2D eigenvalue weighted by atomic mass is 9.98. The number of nitrogens with one attached hydrogen (secondary N) is 1. The van der Waals surface area contributed by atoms with Crippen LogP contribution in [0.4, 0.5) is 10.5 Å². The van der Waals surface area contributed by atoms with E-state index in [2.05, 4.69) is 5.32 Å². The summed E-state index contributed by atoms with van der Waals surface area (Å²) in [6.45, 7) is 6.81. The molecule has 8 nitrogen and oxygen atoms in total. The van der Waals surface area contributed by atoms with Crippen molar-refractivity contribution in [3.63, 3.8) is 0 Å². The van der Waals surface area contributed by atoms with Gasteiger partial charge in [0.15, 0.2) is 0 Å². The summed E-state index contributed by atoms with van der Waals surface area (Å²) in [6.07, 6.45) is 1.28. The normalized spacial score (nSPS) is 17.3. The van der Waals surface area contributed by atoms with Gasteiger partial charge in [0.1, 0.15) is 11.2 Å². The average Bonchev–Trinajstić information content (AvgIpc) is 2.58. The molecule has 27 heavy (non-hydrogen) atoms. The van der Waals surface area contributed by atoms with Crippen LogP contribution in [0.25, 0.3) is 0 Å². The second-order valence-corrected chi connectivity index (χ2v) is 8.00. The van der Waals surface area contributed by atoms with Gasteiger partial charge >= 0.3 is 6.09 Å². The third-order valence-electron chi connectivity index (χ3n) is 4.12. The van der Waals surface area contributed by atoms with Gasteiger partial charge in [-0.1, -0.05) is 11.6 Å². The van der Waals surface area contributed by atoms with E-state index in [1.54, 1.807) is 4.90 Å². The van der Waals surface area contributed by atoms with E-state index >= 15 is 0 Å². The molecule has 1 saturated heterocycles. The van der Waals surface area contributed by atoms with E-state index in [0.29, 0.717) is 19.6 Å². The Kier molecular flexibility index (Phi) is 6.64. The third-order valence-corrected chi connectivity index (χ3v) is 4.36. The van der Waals surface area contributed by atoms with Crippen molar-refractivity contribution in [2.45, 2.75) is 39.2 Å². The molecule has 0 radical (unpaired) electrons. The van der Waals surface area contributed by atoms with Crippen LogP contribution in [0.15, 0.2) is 18.2 Å². The van der Waals surface area contributed by atoms with E-state index in [-0.39, 0.29) is 28.3 Å². The number of hydrogen-bond donors (Lipinski definition) is 1. The van der Waals surface area contributed by atoms with E-state index in [1.807, 2.05) is 20.8 Å². The first kappa shape index (κ1) is 21.0. The second-order valence-electron chi connectivity index (χ2n) is 7.56. The summed E-state index contributed by atoms with van der Waals surface area (Å²) in [4.78, 5) is 36.7. The number of carbonyl (C=O) groups excluding carboxylic acids is 2. The standard InChI is InChI=1S/C18H24ClN3O5/c1-18(2,3)27-17(24)21-8-4-5-12(11-21)10-20-16(23)14-9-13(19)6-7-15(14)22(25)26/h6-7,9,12H,4-5,8,10-11H2,1-3H3,(H,20,23). The third kappa shape index (κ3) is 6.09. The molecule has 1 aromatic rings. The number of hydrogen-bond acceptors (Lipinski definition) is 5. The Bertz CT molecular complexity index is 732. The molecule has 9 heteroatoms. The number of likely N-dealkylation sites (tertiary alicyclic amines) is 1. The van der Waals surface area contributed by atoms with E-state index < -0.39 is 16.4 Å². The fourth-order valence-corrected chi connectivity index (χ4v) is 3.08. The molecule has 0 bridgehead atoms. The molecule has 1 fully saturated rings. The van der Waals surface area contributed by atoms with Gasteiger partial charge in [-0.05, 0) is 51.7 Å². The molecule has 1 aliphatic rings. The first-order valence-corrected chi connectivity index (χ1v) is 9.14. The van der Waals surface area contributed by atoms with E-state index in [0.717, 1.165) is 12.8 Å². The maximum atomic E-state index is 12.4. The number of nitro groups is 1. The quantitative estimate of drug-likeness (QED) is 0.617. The summed E-state index contributed by atoms with van der Waals surface area (Å²) in [5.74, 6) is -0.507. The van der Waals surface area contributed by atoms with Crippen LogP contribution in [-0.2, 0) is 4.74 Å². The van der Waals surface area contributed by atoms with Crippen molar-refractivity contribution < 1.29 is 19.2 Å². The van der Waals surface area contributed by atoms with Gasteiger partial charge in [0.2, 0.25) is 0 Å². The molecule has 0 aliphatic carbocycles. The summed E-state index contributed by atoms with van der Waals surface area (Å²) >= 11 is 5.86. The average molecular weight is 398 g/mol. The SMILES string of the molecule is CC(C)(C)OC(=O)N1CCCC(CNC(=O)c2cc(Cl)ccc2[N+](=O)[O-])C1. The van der Waals surface area contributed by atoms with Crippen molar-refractivity contribution in [3.05, 3.63) is 38.9 Å². The van der Waals surface area contributed by atoms with Gasteiger partial charge in [0.25, 0.3) is 11.6 Å². The van der Waals surface area contributed by atoms with Gasteiger partial charge in [-0.15, -0.1) is 0 Å². The summed E-state index contributed by atoms with van der Waals surface area (Å²) in [5.41, 5.74) is -0.938. The zero-order valence-corrected chi connectivity index (χ0v) is 16.4. The van der Waals surface area contributed by atoms with Crippen LogP contribution in [0.3, 0.4) is 0 Å². The van der Waals surface area contributed by atoms with Gasteiger partial charge in [0, 0.05) is 30.7 Å². The number of nitro benzene ring substituents is 1. The van der Waals surface area contributed by atoms with Crippen molar-refractivity contribution in [1.82, 2.24) is 10.2 Å². The lowest BCUT2D eigenvalue weighted by Crippen LogP contribution is -2.45. The van der Waals surface area contributed by atoms with Crippen LogP contribution in [0.1, 0.15) is 44.0 Å². The monoisotopic (exact) mass is 397 g/mol. The maximum absolute atomic E-state index is 12.4. The number of amides is 2. The Hall–Kier alpha value is -2.35. The Morgan fingerprint density at radius 3 is 2.74 bits per heavy atom. The number of ether oxygens (including phenoxy) is 1. The molecular formula is C18H24ClN3O5. The van der Waals surface area contributed by atoms with Crippen LogP contribution in [0.2, 0.25) is 5.02 Å². The van der Waals surface area contributed by atoms with Crippen molar-refractivity contribution in [1.29, 1.82) is 0 Å². The number of carbonyl (C=O) groups is 2. The van der Waals surface area contributed by atoms with Gasteiger partial charge in [0.05, 0.1) is 4.92 Å². The highest BCUT2D eigenvalue weighted by Gasteiger charge is 2.28. The van der Waals surface area contributed by atoms with Crippen LogP contribution in [0.5, 0.6) is 0 Å². The molecule has 2 amide bonds.